The number of allylic oxidation sites excluding steroid dienone is 1. The lowest BCUT2D eigenvalue weighted by molar-refractivity contribution is 0.104. The number of hydrogen-bond donors (Lipinski definition) is 2. The van der Waals surface area contributed by atoms with E-state index in [9.17, 15) is 15.0 Å². The molecule has 2 aromatic carbocycles. The number of ketones is 1. The highest BCUT2D eigenvalue weighted by atomic mass is 16.5. The maximum Gasteiger partial charge on any atom is 0.193 e. The van der Waals surface area contributed by atoms with E-state index in [0.29, 0.717) is 11.3 Å². The highest BCUT2D eigenvalue weighted by molar-refractivity contribution is 6.11. The minimum Gasteiger partial charge on any atom is -0.507 e. The Hall–Kier alpha value is -3.03. The molecule has 31 heavy (non-hydrogen) atoms. The van der Waals surface area contributed by atoms with Gasteiger partial charge in [-0.2, -0.15) is 0 Å². The number of rotatable bonds is 8. The smallest absolute Gasteiger partial charge is 0.193 e. The molecule has 0 amide bonds. The molecule has 2 atom stereocenters. The van der Waals surface area contributed by atoms with Gasteiger partial charge in [0.25, 0.3) is 0 Å². The van der Waals surface area contributed by atoms with Crippen molar-refractivity contribution in [3.63, 3.8) is 0 Å². The van der Waals surface area contributed by atoms with Gasteiger partial charge in [-0.15, -0.1) is 0 Å². The number of nitrogens with zero attached hydrogens (tertiary/aromatic N) is 1. The van der Waals surface area contributed by atoms with Gasteiger partial charge < -0.3 is 29.3 Å². The zero-order valence-electron chi connectivity index (χ0n) is 18.3. The Bertz CT molecular complexity index is 954. The molecule has 0 spiro atoms. The number of aromatic hydroxyl groups is 1. The van der Waals surface area contributed by atoms with Crippen LogP contribution in [0.1, 0.15) is 33.8 Å². The molecule has 1 aliphatic rings. The van der Waals surface area contributed by atoms with Crippen molar-refractivity contribution in [1.82, 2.24) is 4.90 Å². The van der Waals surface area contributed by atoms with Crippen LogP contribution in [-0.4, -0.2) is 68.5 Å². The van der Waals surface area contributed by atoms with E-state index in [1.807, 2.05) is 24.1 Å². The van der Waals surface area contributed by atoms with Crippen molar-refractivity contribution in [2.24, 2.45) is 0 Å². The second kappa shape index (κ2) is 9.85. The summed E-state index contributed by atoms with van der Waals surface area (Å²) >= 11 is 0. The maximum atomic E-state index is 13.1. The van der Waals surface area contributed by atoms with Crippen LogP contribution in [0.2, 0.25) is 0 Å². The third-order valence-corrected chi connectivity index (χ3v) is 5.88. The minimum atomic E-state index is -0.388. The molecule has 0 bridgehead atoms. The predicted octanol–water partition coefficient (Wildman–Crippen LogP) is 3.09. The summed E-state index contributed by atoms with van der Waals surface area (Å²) in [5, 5.41) is 21.1. The van der Waals surface area contributed by atoms with E-state index in [1.165, 1.54) is 20.3 Å². The van der Waals surface area contributed by atoms with Crippen LogP contribution in [0.5, 0.6) is 23.0 Å². The molecule has 0 saturated carbocycles. The van der Waals surface area contributed by atoms with Crippen molar-refractivity contribution in [2.45, 2.75) is 18.4 Å². The zero-order valence-corrected chi connectivity index (χ0v) is 18.3. The van der Waals surface area contributed by atoms with E-state index >= 15 is 0 Å². The van der Waals surface area contributed by atoms with Crippen molar-refractivity contribution < 1.29 is 29.2 Å². The molecule has 1 aliphatic heterocycles. The Labute approximate surface area is 182 Å². The lowest BCUT2D eigenvalue weighted by Gasteiger charge is -2.26. The molecule has 2 aromatic rings. The fraction of sp³-hybridized carbons (Fsp3) is 0.375. The Morgan fingerprint density at radius 1 is 1.13 bits per heavy atom. The molecule has 166 valence electrons. The van der Waals surface area contributed by atoms with Gasteiger partial charge in [-0.3, -0.25) is 4.79 Å². The highest BCUT2D eigenvalue weighted by Crippen LogP contribution is 2.47. The van der Waals surface area contributed by atoms with E-state index in [0.717, 1.165) is 24.3 Å². The third-order valence-electron chi connectivity index (χ3n) is 5.88. The molecule has 3 rings (SSSR count). The Morgan fingerprint density at radius 2 is 1.81 bits per heavy atom. The van der Waals surface area contributed by atoms with Crippen LogP contribution >= 0.6 is 0 Å². The number of hydrogen-bond acceptors (Lipinski definition) is 7. The van der Waals surface area contributed by atoms with E-state index < -0.39 is 0 Å². The van der Waals surface area contributed by atoms with Crippen molar-refractivity contribution in [2.75, 3.05) is 41.5 Å². The molecule has 0 aliphatic carbocycles. The molecular formula is C24H29NO6. The summed E-state index contributed by atoms with van der Waals surface area (Å²) in [6.07, 6.45) is 3.80. The predicted molar refractivity (Wildman–Crippen MR) is 118 cm³/mol. The fourth-order valence-corrected chi connectivity index (χ4v) is 4.15. The SMILES string of the molecule is COc1ccc(C=CC(=O)c2c(OC)cc(OC)c(C3CCN(C)C3CO)c2O)cc1. The van der Waals surface area contributed by atoms with Crippen LogP contribution < -0.4 is 14.2 Å². The van der Waals surface area contributed by atoms with Gasteiger partial charge in [-0.05, 0) is 43.8 Å². The fourth-order valence-electron chi connectivity index (χ4n) is 4.15. The molecule has 0 aromatic heterocycles. The molecule has 2 N–H and O–H groups in total. The molecule has 1 fully saturated rings. The second-order valence-electron chi connectivity index (χ2n) is 7.51. The average molecular weight is 427 g/mol. The average Bonchev–Trinajstić information content (AvgIpc) is 3.16. The van der Waals surface area contributed by atoms with Gasteiger partial charge in [0.15, 0.2) is 5.78 Å². The minimum absolute atomic E-state index is 0.0591. The van der Waals surface area contributed by atoms with Crippen LogP contribution in [0.15, 0.2) is 36.4 Å². The number of phenols is 1. The van der Waals surface area contributed by atoms with Gasteiger partial charge in [0.1, 0.15) is 28.6 Å². The van der Waals surface area contributed by atoms with Gasteiger partial charge in [0.05, 0.1) is 27.9 Å². The lowest BCUT2D eigenvalue weighted by atomic mass is 9.87. The highest BCUT2D eigenvalue weighted by Gasteiger charge is 2.37. The quantitative estimate of drug-likeness (QED) is 0.494. The Kier molecular flexibility index (Phi) is 7.20. The topological polar surface area (TPSA) is 88.5 Å². The lowest BCUT2D eigenvalue weighted by Crippen LogP contribution is -2.32. The number of ether oxygens (including phenoxy) is 3. The second-order valence-corrected chi connectivity index (χ2v) is 7.51. The first-order valence-corrected chi connectivity index (χ1v) is 10.1. The number of carbonyl (C=O) groups excluding carboxylic acids is 1. The number of aliphatic hydroxyl groups is 1. The number of carbonyl (C=O) groups is 1. The number of likely N-dealkylation sites (N-methyl/N-ethyl adjacent to an activating group) is 1. The van der Waals surface area contributed by atoms with Gasteiger partial charge in [0, 0.05) is 23.6 Å². The van der Waals surface area contributed by atoms with Crippen molar-refractivity contribution in [1.29, 1.82) is 0 Å². The molecule has 2 unspecified atom stereocenters. The molecule has 7 nitrogen and oxygen atoms in total. The van der Waals surface area contributed by atoms with Crippen LogP contribution in [-0.2, 0) is 0 Å². The third kappa shape index (κ3) is 4.52. The molecular weight excluding hydrogens is 398 g/mol. The molecule has 1 saturated heterocycles. The van der Waals surface area contributed by atoms with Crippen molar-refractivity contribution >= 4 is 11.9 Å². The molecule has 1 heterocycles. The van der Waals surface area contributed by atoms with Crippen LogP contribution in [0.25, 0.3) is 6.08 Å². The first kappa shape index (κ1) is 22.7. The van der Waals surface area contributed by atoms with Crippen molar-refractivity contribution in [3.8, 4) is 23.0 Å². The van der Waals surface area contributed by atoms with E-state index in [2.05, 4.69) is 0 Å². The summed E-state index contributed by atoms with van der Waals surface area (Å²) in [4.78, 5) is 15.1. The largest absolute Gasteiger partial charge is 0.507 e. The molecule has 7 heteroatoms. The normalized spacial score (nSPS) is 19.0. The first-order valence-electron chi connectivity index (χ1n) is 10.1. The number of phenolic OH excluding ortho intramolecular Hbond substituents is 1. The van der Waals surface area contributed by atoms with E-state index in [4.69, 9.17) is 14.2 Å². The zero-order chi connectivity index (χ0) is 22.5. The summed E-state index contributed by atoms with van der Waals surface area (Å²) in [6, 6.07) is 8.72. The van der Waals surface area contributed by atoms with Crippen LogP contribution in [0.3, 0.4) is 0 Å². The first-order chi connectivity index (χ1) is 14.9. The number of methoxy groups -OCH3 is 3. The monoisotopic (exact) mass is 427 g/mol. The number of likely N-dealkylation sites (tertiary alicyclic amines) is 1. The van der Waals surface area contributed by atoms with Gasteiger partial charge in [-0.25, -0.2) is 0 Å². The van der Waals surface area contributed by atoms with Gasteiger partial charge >= 0.3 is 0 Å². The van der Waals surface area contributed by atoms with Crippen LogP contribution in [0, 0.1) is 0 Å². The van der Waals surface area contributed by atoms with Gasteiger partial charge in [0.2, 0.25) is 0 Å². The van der Waals surface area contributed by atoms with Crippen LogP contribution in [0.4, 0.5) is 0 Å². The Balaban J connectivity index is 2.02. The van der Waals surface area contributed by atoms with E-state index in [1.54, 1.807) is 31.4 Å². The Morgan fingerprint density at radius 3 is 2.39 bits per heavy atom. The summed E-state index contributed by atoms with van der Waals surface area (Å²) in [7, 11) is 6.47. The molecule has 0 radical (unpaired) electrons. The van der Waals surface area contributed by atoms with Crippen molar-refractivity contribution in [3.05, 3.63) is 53.1 Å². The summed E-state index contributed by atoms with van der Waals surface area (Å²) in [6.45, 7) is 0.710. The van der Waals surface area contributed by atoms with Gasteiger partial charge in [-0.1, -0.05) is 18.2 Å². The van der Waals surface area contributed by atoms with E-state index in [-0.39, 0.29) is 41.4 Å². The maximum absolute atomic E-state index is 13.1. The standard InChI is InChI=1S/C24H29NO6/c1-25-12-11-17(18(25)14-26)22-20(30-3)13-21(31-4)23(24(22)28)19(27)10-7-15-5-8-16(29-2)9-6-15/h5-10,13,17-18,26,28H,11-12,14H2,1-4H3. The number of benzene rings is 2. The summed E-state index contributed by atoms with van der Waals surface area (Å²) < 4.78 is 16.1. The summed E-state index contributed by atoms with van der Waals surface area (Å²) in [5.41, 5.74) is 1.42. The summed E-state index contributed by atoms with van der Waals surface area (Å²) in [5.74, 6) is 0.661. The number of aliphatic hydroxyl groups excluding tert-OH is 1.